The minimum atomic E-state index is 0.0424. The molecule has 124 valence electrons. The number of aromatic nitrogens is 2. The SMILES string of the molecule is Cn1c(-c2ccccc2)cnc1SCC(=O)NCCc1cccs1. The zero-order valence-electron chi connectivity index (χ0n) is 13.4. The monoisotopic (exact) mass is 357 g/mol. The molecule has 0 unspecified atom stereocenters. The van der Waals surface area contributed by atoms with E-state index in [0.717, 1.165) is 22.8 Å². The van der Waals surface area contributed by atoms with Crippen LogP contribution in [0, 0.1) is 0 Å². The van der Waals surface area contributed by atoms with E-state index >= 15 is 0 Å². The van der Waals surface area contributed by atoms with Gasteiger partial charge in [0, 0.05) is 18.5 Å². The fourth-order valence-electron chi connectivity index (χ4n) is 2.36. The maximum absolute atomic E-state index is 12.0. The first-order valence-corrected chi connectivity index (χ1v) is 9.59. The summed E-state index contributed by atoms with van der Waals surface area (Å²) in [6.45, 7) is 0.676. The average Bonchev–Trinajstić information content (AvgIpc) is 3.24. The third-order valence-electron chi connectivity index (χ3n) is 3.62. The number of amides is 1. The van der Waals surface area contributed by atoms with Crippen LogP contribution in [0.4, 0.5) is 0 Å². The number of hydrogen-bond donors (Lipinski definition) is 1. The van der Waals surface area contributed by atoms with Crippen LogP contribution < -0.4 is 5.32 Å². The van der Waals surface area contributed by atoms with Crippen molar-refractivity contribution in [1.29, 1.82) is 0 Å². The van der Waals surface area contributed by atoms with Crippen molar-refractivity contribution in [3.63, 3.8) is 0 Å². The van der Waals surface area contributed by atoms with Crippen LogP contribution in [0.15, 0.2) is 59.2 Å². The number of benzene rings is 1. The highest BCUT2D eigenvalue weighted by Crippen LogP contribution is 2.24. The van der Waals surface area contributed by atoms with Crippen molar-refractivity contribution in [2.45, 2.75) is 11.6 Å². The summed E-state index contributed by atoms with van der Waals surface area (Å²) in [7, 11) is 1.98. The maximum atomic E-state index is 12.0. The molecule has 0 fully saturated rings. The Balaban J connectivity index is 1.50. The second kappa shape index (κ2) is 8.17. The minimum absolute atomic E-state index is 0.0424. The number of rotatable bonds is 7. The van der Waals surface area contributed by atoms with Gasteiger partial charge in [0.05, 0.1) is 17.6 Å². The van der Waals surface area contributed by atoms with E-state index in [1.54, 1.807) is 11.3 Å². The van der Waals surface area contributed by atoms with Crippen molar-refractivity contribution >= 4 is 29.0 Å². The Bertz CT molecular complexity index is 782. The fraction of sp³-hybridized carbons (Fsp3) is 0.222. The number of carbonyl (C=O) groups is 1. The van der Waals surface area contributed by atoms with Crippen LogP contribution in [0.3, 0.4) is 0 Å². The van der Waals surface area contributed by atoms with E-state index in [9.17, 15) is 4.79 Å². The van der Waals surface area contributed by atoms with E-state index in [1.807, 2.05) is 42.1 Å². The molecular weight excluding hydrogens is 338 g/mol. The highest BCUT2D eigenvalue weighted by atomic mass is 32.2. The summed E-state index contributed by atoms with van der Waals surface area (Å²) in [5.74, 6) is 0.421. The molecule has 6 heteroatoms. The van der Waals surface area contributed by atoms with Gasteiger partial charge in [-0.05, 0) is 23.4 Å². The number of carbonyl (C=O) groups excluding carboxylic acids is 1. The van der Waals surface area contributed by atoms with Gasteiger partial charge in [-0.15, -0.1) is 11.3 Å². The predicted octanol–water partition coefficient (Wildman–Crippen LogP) is 3.60. The van der Waals surface area contributed by atoms with Crippen LogP contribution in [0.2, 0.25) is 0 Å². The van der Waals surface area contributed by atoms with Gasteiger partial charge in [-0.3, -0.25) is 4.79 Å². The Hall–Kier alpha value is -2.05. The zero-order chi connectivity index (χ0) is 16.8. The first-order chi connectivity index (χ1) is 11.7. The van der Waals surface area contributed by atoms with Gasteiger partial charge in [-0.1, -0.05) is 48.2 Å². The Kier molecular flexibility index (Phi) is 5.72. The van der Waals surface area contributed by atoms with Crippen LogP contribution in [-0.4, -0.2) is 27.8 Å². The average molecular weight is 358 g/mol. The molecule has 0 saturated carbocycles. The third kappa shape index (κ3) is 4.27. The summed E-state index contributed by atoms with van der Waals surface area (Å²) in [6, 6.07) is 14.3. The molecule has 0 atom stereocenters. The van der Waals surface area contributed by atoms with Gasteiger partial charge in [0.25, 0.3) is 0 Å². The lowest BCUT2D eigenvalue weighted by Gasteiger charge is -2.06. The molecule has 24 heavy (non-hydrogen) atoms. The molecule has 2 heterocycles. The fourth-order valence-corrected chi connectivity index (χ4v) is 3.86. The van der Waals surface area contributed by atoms with Gasteiger partial charge in [0.15, 0.2) is 5.16 Å². The summed E-state index contributed by atoms with van der Waals surface area (Å²) in [6.07, 6.45) is 2.74. The van der Waals surface area contributed by atoms with Crippen LogP contribution >= 0.6 is 23.1 Å². The van der Waals surface area contributed by atoms with Crippen molar-refractivity contribution in [1.82, 2.24) is 14.9 Å². The van der Waals surface area contributed by atoms with Gasteiger partial charge in [0.2, 0.25) is 5.91 Å². The van der Waals surface area contributed by atoms with Gasteiger partial charge in [-0.25, -0.2) is 4.98 Å². The van der Waals surface area contributed by atoms with E-state index in [4.69, 9.17) is 0 Å². The molecule has 1 N–H and O–H groups in total. The zero-order valence-corrected chi connectivity index (χ0v) is 15.1. The van der Waals surface area contributed by atoms with Gasteiger partial charge < -0.3 is 9.88 Å². The highest BCUT2D eigenvalue weighted by Gasteiger charge is 2.10. The Morgan fingerprint density at radius 1 is 1.25 bits per heavy atom. The smallest absolute Gasteiger partial charge is 0.230 e. The summed E-state index contributed by atoms with van der Waals surface area (Å²) in [4.78, 5) is 17.7. The topological polar surface area (TPSA) is 46.9 Å². The quantitative estimate of drug-likeness (QED) is 0.657. The summed E-state index contributed by atoms with van der Waals surface area (Å²) >= 11 is 3.18. The van der Waals surface area contributed by atoms with Gasteiger partial charge in [0.1, 0.15) is 0 Å². The van der Waals surface area contributed by atoms with Crippen LogP contribution in [0.1, 0.15) is 4.88 Å². The van der Waals surface area contributed by atoms with Crippen molar-refractivity contribution in [3.8, 4) is 11.3 Å². The Morgan fingerprint density at radius 3 is 2.83 bits per heavy atom. The summed E-state index contributed by atoms with van der Waals surface area (Å²) in [5.41, 5.74) is 2.18. The second-order valence-corrected chi connectivity index (χ2v) is 7.29. The lowest BCUT2D eigenvalue weighted by molar-refractivity contribution is -0.118. The Labute approximate surface area is 149 Å². The molecular formula is C18H19N3OS2. The number of thioether (sulfide) groups is 1. The molecule has 1 aromatic carbocycles. The van der Waals surface area contributed by atoms with E-state index in [-0.39, 0.29) is 5.91 Å². The molecule has 1 amide bonds. The van der Waals surface area contributed by atoms with Crippen molar-refractivity contribution < 1.29 is 4.79 Å². The number of thiophene rings is 1. The molecule has 0 saturated heterocycles. The molecule has 0 aliphatic rings. The molecule has 0 aliphatic carbocycles. The minimum Gasteiger partial charge on any atom is -0.355 e. The number of nitrogens with one attached hydrogen (secondary N) is 1. The standard InChI is InChI=1S/C18H19N3OS2/c1-21-16(14-6-3-2-4-7-14)12-20-18(21)24-13-17(22)19-10-9-15-8-5-11-23-15/h2-8,11-12H,9-10,13H2,1H3,(H,19,22). The molecule has 0 radical (unpaired) electrons. The third-order valence-corrected chi connectivity index (χ3v) is 5.60. The van der Waals surface area contributed by atoms with E-state index in [1.165, 1.54) is 16.6 Å². The van der Waals surface area contributed by atoms with E-state index < -0.39 is 0 Å². The van der Waals surface area contributed by atoms with E-state index in [2.05, 4.69) is 33.9 Å². The van der Waals surface area contributed by atoms with Crippen molar-refractivity contribution in [3.05, 3.63) is 58.9 Å². The van der Waals surface area contributed by atoms with Crippen molar-refractivity contribution in [2.24, 2.45) is 7.05 Å². The molecule has 3 rings (SSSR count). The maximum Gasteiger partial charge on any atom is 0.230 e. The Morgan fingerprint density at radius 2 is 2.08 bits per heavy atom. The van der Waals surface area contributed by atoms with Crippen LogP contribution in [0.5, 0.6) is 0 Å². The second-order valence-electron chi connectivity index (χ2n) is 5.32. The van der Waals surface area contributed by atoms with Crippen LogP contribution in [0.25, 0.3) is 11.3 Å². The van der Waals surface area contributed by atoms with E-state index in [0.29, 0.717) is 12.3 Å². The number of nitrogens with zero attached hydrogens (tertiary/aromatic N) is 2. The normalized spacial score (nSPS) is 10.7. The van der Waals surface area contributed by atoms with Gasteiger partial charge >= 0.3 is 0 Å². The molecule has 4 nitrogen and oxygen atoms in total. The predicted molar refractivity (Wildman–Crippen MR) is 100 cm³/mol. The molecule has 0 bridgehead atoms. The molecule has 0 spiro atoms. The first kappa shape index (κ1) is 16.8. The van der Waals surface area contributed by atoms with Gasteiger partial charge in [-0.2, -0.15) is 0 Å². The molecule has 3 aromatic rings. The lowest BCUT2D eigenvalue weighted by Crippen LogP contribution is -2.27. The first-order valence-electron chi connectivity index (χ1n) is 7.73. The molecule has 2 aromatic heterocycles. The highest BCUT2D eigenvalue weighted by molar-refractivity contribution is 7.99. The van der Waals surface area contributed by atoms with Crippen molar-refractivity contribution in [2.75, 3.05) is 12.3 Å². The largest absolute Gasteiger partial charge is 0.355 e. The lowest BCUT2D eigenvalue weighted by atomic mass is 10.2. The number of hydrogen-bond acceptors (Lipinski definition) is 4. The summed E-state index contributed by atoms with van der Waals surface area (Å²) < 4.78 is 2.03. The van der Waals surface area contributed by atoms with Crippen LogP contribution in [-0.2, 0) is 18.3 Å². The molecule has 0 aliphatic heterocycles. The summed E-state index contributed by atoms with van der Waals surface area (Å²) in [5, 5.41) is 5.86. The number of imidazole rings is 1.